The standard InChI is InChI=1S/C17H12N4O4S/c22-16-10-9-15(18-19-16)11-1-3-12(4-2-11)20(17(23)26)13-5-7-14(8-6-13)21(24)25/h1-10H,(H,19,22)(H,23,26). The summed E-state index contributed by atoms with van der Waals surface area (Å²) in [4.78, 5) is 34.6. The van der Waals surface area contributed by atoms with Crippen LogP contribution in [0.4, 0.5) is 21.9 Å². The number of nitro benzene ring substituents is 1. The highest BCUT2D eigenvalue weighted by molar-refractivity contribution is 7.97. The van der Waals surface area contributed by atoms with E-state index < -0.39 is 10.2 Å². The number of carbonyl (C=O) groups is 1. The third-order valence-corrected chi connectivity index (χ3v) is 3.81. The van der Waals surface area contributed by atoms with Crippen molar-refractivity contribution in [2.45, 2.75) is 0 Å². The summed E-state index contributed by atoms with van der Waals surface area (Å²) in [6, 6.07) is 15.4. The first-order valence-electron chi connectivity index (χ1n) is 7.39. The monoisotopic (exact) mass is 368 g/mol. The molecule has 0 atom stereocenters. The number of hydrogen-bond donors (Lipinski definition) is 2. The normalized spacial score (nSPS) is 10.3. The van der Waals surface area contributed by atoms with Gasteiger partial charge in [0.05, 0.1) is 16.3 Å². The molecule has 0 radical (unpaired) electrons. The molecular formula is C17H12N4O4S. The first kappa shape index (κ1) is 17.4. The van der Waals surface area contributed by atoms with Crippen LogP contribution in [0.15, 0.2) is 65.5 Å². The molecule has 3 rings (SSSR count). The molecule has 1 N–H and O–H groups in total. The van der Waals surface area contributed by atoms with Gasteiger partial charge in [0.1, 0.15) is 0 Å². The van der Waals surface area contributed by atoms with Gasteiger partial charge < -0.3 is 0 Å². The summed E-state index contributed by atoms with van der Waals surface area (Å²) >= 11 is 3.89. The molecule has 0 aliphatic rings. The van der Waals surface area contributed by atoms with Crippen LogP contribution >= 0.6 is 12.6 Å². The number of H-pyrrole nitrogens is 1. The van der Waals surface area contributed by atoms with Gasteiger partial charge in [-0.25, -0.2) is 5.10 Å². The minimum atomic E-state index is -0.534. The van der Waals surface area contributed by atoms with Crippen LogP contribution in [0.1, 0.15) is 0 Å². The first-order chi connectivity index (χ1) is 12.5. The van der Waals surface area contributed by atoms with Gasteiger partial charge in [-0.3, -0.25) is 24.6 Å². The molecule has 0 spiro atoms. The van der Waals surface area contributed by atoms with Crippen molar-refractivity contribution in [1.29, 1.82) is 0 Å². The minimum absolute atomic E-state index is 0.0696. The number of aromatic amines is 1. The number of nitrogens with zero attached hydrogens (tertiary/aromatic N) is 3. The molecule has 9 heteroatoms. The molecule has 8 nitrogen and oxygen atoms in total. The average Bonchev–Trinajstić information content (AvgIpc) is 2.63. The van der Waals surface area contributed by atoms with Crippen LogP contribution in [0.5, 0.6) is 0 Å². The van der Waals surface area contributed by atoms with Crippen LogP contribution in [0.25, 0.3) is 11.3 Å². The molecular weight excluding hydrogens is 356 g/mol. The summed E-state index contributed by atoms with van der Waals surface area (Å²) in [7, 11) is 0. The summed E-state index contributed by atoms with van der Waals surface area (Å²) in [5.74, 6) is 0. The van der Waals surface area contributed by atoms with Crippen LogP contribution in [0.3, 0.4) is 0 Å². The molecule has 1 aromatic heterocycles. The molecule has 130 valence electrons. The van der Waals surface area contributed by atoms with Gasteiger partial charge in [-0.15, -0.1) is 0 Å². The summed E-state index contributed by atoms with van der Waals surface area (Å²) < 4.78 is 0. The number of amides is 1. The van der Waals surface area contributed by atoms with Crippen molar-refractivity contribution in [2.24, 2.45) is 0 Å². The first-order valence-corrected chi connectivity index (χ1v) is 7.84. The zero-order valence-electron chi connectivity index (χ0n) is 13.2. The predicted molar refractivity (Wildman–Crippen MR) is 99.9 cm³/mol. The fourth-order valence-electron chi connectivity index (χ4n) is 2.38. The molecule has 1 amide bonds. The molecule has 0 fully saturated rings. The fourth-order valence-corrected chi connectivity index (χ4v) is 2.61. The summed E-state index contributed by atoms with van der Waals surface area (Å²) in [5, 5.41) is 16.5. The zero-order valence-corrected chi connectivity index (χ0v) is 14.1. The summed E-state index contributed by atoms with van der Waals surface area (Å²) in [6.45, 7) is 0. The Labute approximate surface area is 152 Å². The highest BCUT2D eigenvalue weighted by Gasteiger charge is 2.16. The highest BCUT2D eigenvalue weighted by Crippen LogP contribution is 2.30. The van der Waals surface area contributed by atoms with Gasteiger partial charge in [-0.05, 0) is 30.3 Å². The number of rotatable bonds is 4. The van der Waals surface area contributed by atoms with E-state index in [0.717, 1.165) is 5.56 Å². The molecule has 2 aromatic carbocycles. The van der Waals surface area contributed by atoms with Crippen molar-refractivity contribution >= 4 is 34.9 Å². The number of nitrogens with one attached hydrogen (secondary N) is 1. The van der Waals surface area contributed by atoms with Crippen molar-refractivity contribution in [2.75, 3.05) is 4.90 Å². The average molecular weight is 368 g/mol. The number of non-ortho nitro benzene ring substituents is 1. The SMILES string of the molecule is O=C(S)N(c1ccc(-c2ccc(=O)[nH]n2)cc1)c1ccc([N+](=O)[O-])cc1. The molecule has 0 aliphatic heterocycles. The zero-order chi connectivity index (χ0) is 18.7. The lowest BCUT2D eigenvalue weighted by Crippen LogP contribution is -2.19. The van der Waals surface area contributed by atoms with Crippen LogP contribution in [0, 0.1) is 10.1 Å². The maximum Gasteiger partial charge on any atom is 0.287 e. The van der Waals surface area contributed by atoms with Crippen LogP contribution in [-0.4, -0.2) is 20.4 Å². The van der Waals surface area contributed by atoms with E-state index in [2.05, 4.69) is 22.8 Å². The van der Waals surface area contributed by atoms with Crippen LogP contribution in [0.2, 0.25) is 0 Å². The Kier molecular flexibility index (Phi) is 4.81. The fraction of sp³-hybridized carbons (Fsp3) is 0. The second kappa shape index (κ2) is 7.19. The second-order valence-corrected chi connectivity index (χ2v) is 5.63. The van der Waals surface area contributed by atoms with Gasteiger partial charge in [-0.1, -0.05) is 24.8 Å². The maximum absolute atomic E-state index is 12.0. The number of nitro groups is 1. The van der Waals surface area contributed by atoms with Crippen molar-refractivity contribution in [1.82, 2.24) is 10.2 Å². The third-order valence-electron chi connectivity index (χ3n) is 3.61. The van der Waals surface area contributed by atoms with E-state index >= 15 is 0 Å². The molecule has 0 bridgehead atoms. The summed E-state index contributed by atoms with van der Waals surface area (Å²) in [5.41, 5.74) is 1.95. The molecule has 0 aliphatic carbocycles. The van der Waals surface area contributed by atoms with Crippen molar-refractivity contribution in [3.8, 4) is 11.3 Å². The van der Waals surface area contributed by atoms with E-state index in [1.807, 2.05) is 0 Å². The third kappa shape index (κ3) is 3.62. The van der Waals surface area contributed by atoms with E-state index in [-0.39, 0.29) is 11.2 Å². The van der Waals surface area contributed by atoms with E-state index in [4.69, 9.17) is 0 Å². The quantitative estimate of drug-likeness (QED) is 0.416. The second-order valence-electron chi connectivity index (χ2n) is 5.24. The van der Waals surface area contributed by atoms with E-state index in [9.17, 15) is 19.7 Å². The Morgan fingerprint density at radius 1 is 1.00 bits per heavy atom. The Morgan fingerprint density at radius 3 is 2.04 bits per heavy atom. The molecule has 3 aromatic rings. The van der Waals surface area contributed by atoms with Gasteiger partial charge in [0, 0.05) is 29.4 Å². The number of hydrogen-bond acceptors (Lipinski definition) is 5. The maximum atomic E-state index is 12.0. The lowest BCUT2D eigenvalue weighted by Gasteiger charge is -2.20. The van der Waals surface area contributed by atoms with Crippen LogP contribution in [-0.2, 0) is 0 Å². The smallest absolute Gasteiger partial charge is 0.272 e. The number of anilines is 2. The molecule has 1 heterocycles. The Balaban J connectivity index is 1.93. The molecule has 0 saturated carbocycles. The molecule has 0 unspecified atom stereocenters. The number of carbonyl (C=O) groups excluding carboxylic acids is 1. The van der Waals surface area contributed by atoms with E-state index in [1.54, 1.807) is 30.3 Å². The molecule has 26 heavy (non-hydrogen) atoms. The van der Waals surface area contributed by atoms with Crippen LogP contribution < -0.4 is 10.5 Å². The minimum Gasteiger partial charge on any atom is -0.272 e. The predicted octanol–water partition coefficient (Wildman–Crippen LogP) is 3.53. The van der Waals surface area contributed by atoms with Crippen molar-refractivity contribution < 1.29 is 9.72 Å². The van der Waals surface area contributed by atoms with Crippen molar-refractivity contribution in [3.63, 3.8) is 0 Å². The number of benzene rings is 2. The van der Waals surface area contributed by atoms with Gasteiger partial charge in [-0.2, -0.15) is 5.10 Å². The van der Waals surface area contributed by atoms with Crippen molar-refractivity contribution in [3.05, 3.63) is 81.1 Å². The topological polar surface area (TPSA) is 109 Å². The number of thiol groups is 1. The lowest BCUT2D eigenvalue weighted by atomic mass is 10.1. The van der Waals surface area contributed by atoms with E-state index in [0.29, 0.717) is 17.1 Å². The van der Waals surface area contributed by atoms with Gasteiger partial charge >= 0.3 is 0 Å². The number of aromatic nitrogens is 2. The van der Waals surface area contributed by atoms with Gasteiger partial charge in [0.2, 0.25) is 0 Å². The Morgan fingerprint density at radius 2 is 1.58 bits per heavy atom. The summed E-state index contributed by atoms with van der Waals surface area (Å²) in [6.07, 6.45) is 0. The largest absolute Gasteiger partial charge is 0.287 e. The highest BCUT2D eigenvalue weighted by atomic mass is 32.1. The molecule has 0 saturated heterocycles. The Hall–Kier alpha value is -3.46. The lowest BCUT2D eigenvalue weighted by molar-refractivity contribution is -0.384. The van der Waals surface area contributed by atoms with E-state index in [1.165, 1.54) is 35.2 Å². The van der Waals surface area contributed by atoms with Gasteiger partial charge in [0.25, 0.3) is 16.5 Å². The van der Waals surface area contributed by atoms with Gasteiger partial charge in [0.15, 0.2) is 0 Å². The Bertz CT molecular complexity index is 996.